The highest BCUT2D eigenvalue weighted by Gasteiger charge is 2.31. The zero-order chi connectivity index (χ0) is 9.42. The number of fused-ring (bicyclic) bond motifs is 1. The topological polar surface area (TPSA) is 66.0 Å². The molecule has 14 heavy (non-hydrogen) atoms. The fraction of sp³-hybridized carbons (Fsp3) is 0.556. The van der Waals surface area contributed by atoms with Gasteiger partial charge in [-0.25, -0.2) is 0 Å². The van der Waals surface area contributed by atoms with Crippen LogP contribution in [0.1, 0.15) is 30.5 Å². The average molecular weight is 217 g/mol. The number of H-pyrrole nitrogens is 1. The van der Waals surface area contributed by atoms with E-state index >= 15 is 0 Å². The Labute approximate surface area is 88.1 Å². The van der Waals surface area contributed by atoms with Gasteiger partial charge in [0.25, 0.3) is 0 Å². The summed E-state index contributed by atoms with van der Waals surface area (Å²) in [4.78, 5) is 10.9. The highest BCUT2D eigenvalue weighted by Crippen LogP contribution is 2.33. The number of aromatic amines is 1. The number of carboxylic acids is 1. The van der Waals surface area contributed by atoms with Crippen molar-refractivity contribution >= 4 is 18.4 Å². The molecule has 0 saturated carbocycles. The van der Waals surface area contributed by atoms with Crippen LogP contribution < -0.4 is 0 Å². The lowest BCUT2D eigenvalue weighted by molar-refractivity contribution is -0.139. The lowest BCUT2D eigenvalue weighted by atomic mass is 9.81. The molecular formula is C9H13ClN2O2. The van der Waals surface area contributed by atoms with Gasteiger partial charge >= 0.3 is 5.97 Å². The zero-order valence-corrected chi connectivity index (χ0v) is 8.67. The summed E-state index contributed by atoms with van der Waals surface area (Å²) in [5, 5.41) is 15.6. The maximum absolute atomic E-state index is 10.9. The maximum atomic E-state index is 10.9. The molecule has 2 rings (SSSR count). The highest BCUT2D eigenvalue weighted by atomic mass is 35.5. The Balaban J connectivity index is 0.000000980. The SMILES string of the molecule is CC1Cc2cn[nH]c2C(C(=O)O)C1.Cl. The molecule has 0 fully saturated rings. The Morgan fingerprint density at radius 3 is 3.07 bits per heavy atom. The van der Waals surface area contributed by atoms with Crippen LogP contribution >= 0.6 is 12.4 Å². The second-order valence-electron chi connectivity index (χ2n) is 3.74. The first-order chi connectivity index (χ1) is 6.18. The van der Waals surface area contributed by atoms with E-state index in [1.807, 2.05) is 0 Å². The van der Waals surface area contributed by atoms with Gasteiger partial charge in [0, 0.05) is 0 Å². The lowest BCUT2D eigenvalue weighted by Gasteiger charge is -2.23. The number of nitrogens with zero attached hydrogens (tertiary/aromatic N) is 1. The molecule has 0 spiro atoms. The van der Waals surface area contributed by atoms with Gasteiger partial charge in [-0.15, -0.1) is 12.4 Å². The summed E-state index contributed by atoms with van der Waals surface area (Å²) < 4.78 is 0. The predicted molar refractivity (Wildman–Crippen MR) is 53.7 cm³/mol. The van der Waals surface area contributed by atoms with Crippen molar-refractivity contribution < 1.29 is 9.90 Å². The molecule has 2 atom stereocenters. The fourth-order valence-corrected chi connectivity index (χ4v) is 1.99. The molecule has 0 saturated heterocycles. The molecule has 0 radical (unpaired) electrons. The van der Waals surface area contributed by atoms with Crippen LogP contribution in [0, 0.1) is 5.92 Å². The minimum Gasteiger partial charge on any atom is -0.481 e. The third-order valence-corrected chi connectivity index (χ3v) is 2.60. The maximum Gasteiger partial charge on any atom is 0.312 e. The molecule has 1 aliphatic rings. The van der Waals surface area contributed by atoms with Crippen molar-refractivity contribution in [1.82, 2.24) is 10.2 Å². The summed E-state index contributed by atoms with van der Waals surface area (Å²) in [7, 11) is 0. The molecule has 1 aliphatic carbocycles. The van der Waals surface area contributed by atoms with E-state index in [4.69, 9.17) is 5.11 Å². The van der Waals surface area contributed by atoms with Gasteiger partial charge in [0.2, 0.25) is 0 Å². The summed E-state index contributed by atoms with van der Waals surface area (Å²) in [6.07, 6.45) is 3.39. The summed E-state index contributed by atoms with van der Waals surface area (Å²) >= 11 is 0. The standard InChI is InChI=1S/C9H12N2O2.ClH/c1-5-2-6-4-10-11-8(6)7(3-5)9(12)13;/h4-5,7H,2-3H2,1H3,(H,10,11)(H,12,13);1H. The molecule has 0 aromatic carbocycles. The van der Waals surface area contributed by atoms with E-state index < -0.39 is 5.97 Å². The number of hydrogen-bond donors (Lipinski definition) is 2. The second-order valence-corrected chi connectivity index (χ2v) is 3.74. The minimum absolute atomic E-state index is 0. The Morgan fingerprint density at radius 2 is 2.43 bits per heavy atom. The minimum atomic E-state index is -0.753. The number of rotatable bonds is 1. The molecule has 0 aliphatic heterocycles. The number of halogens is 1. The summed E-state index contributed by atoms with van der Waals surface area (Å²) in [6.45, 7) is 2.08. The van der Waals surface area contributed by atoms with Gasteiger partial charge in [-0.3, -0.25) is 9.89 Å². The summed E-state index contributed by atoms with van der Waals surface area (Å²) in [5.41, 5.74) is 1.86. The smallest absolute Gasteiger partial charge is 0.312 e. The van der Waals surface area contributed by atoms with E-state index in [0.29, 0.717) is 12.3 Å². The number of aliphatic carboxylic acids is 1. The van der Waals surface area contributed by atoms with Crippen LogP contribution in [0.4, 0.5) is 0 Å². The molecule has 0 amide bonds. The Hall–Kier alpha value is -1.03. The van der Waals surface area contributed by atoms with Gasteiger partial charge in [-0.05, 0) is 24.3 Å². The third kappa shape index (κ3) is 1.75. The first-order valence-electron chi connectivity index (χ1n) is 4.43. The van der Waals surface area contributed by atoms with Crippen molar-refractivity contribution in [2.45, 2.75) is 25.7 Å². The normalized spacial score (nSPS) is 24.9. The van der Waals surface area contributed by atoms with Crippen LogP contribution in [0.2, 0.25) is 0 Å². The molecule has 2 unspecified atom stereocenters. The number of carbonyl (C=O) groups is 1. The zero-order valence-electron chi connectivity index (χ0n) is 7.86. The van der Waals surface area contributed by atoms with Gasteiger partial charge in [0.15, 0.2) is 0 Å². The second kappa shape index (κ2) is 4.00. The van der Waals surface area contributed by atoms with E-state index in [1.165, 1.54) is 0 Å². The van der Waals surface area contributed by atoms with E-state index in [1.54, 1.807) is 6.20 Å². The van der Waals surface area contributed by atoms with Crippen LogP contribution in [0.5, 0.6) is 0 Å². The first kappa shape index (κ1) is 11.0. The van der Waals surface area contributed by atoms with E-state index in [9.17, 15) is 4.79 Å². The van der Waals surface area contributed by atoms with Crippen molar-refractivity contribution in [2.75, 3.05) is 0 Å². The fourth-order valence-electron chi connectivity index (χ4n) is 1.99. The Bertz CT molecular complexity index is 337. The number of hydrogen-bond acceptors (Lipinski definition) is 2. The number of aromatic nitrogens is 2. The Morgan fingerprint density at radius 1 is 1.71 bits per heavy atom. The van der Waals surface area contributed by atoms with Gasteiger partial charge in [0.1, 0.15) is 0 Å². The largest absolute Gasteiger partial charge is 0.481 e. The van der Waals surface area contributed by atoms with Crippen LogP contribution in [0.25, 0.3) is 0 Å². The quantitative estimate of drug-likeness (QED) is 0.749. The summed E-state index contributed by atoms with van der Waals surface area (Å²) in [5.74, 6) is -0.704. The van der Waals surface area contributed by atoms with Crippen LogP contribution in [-0.2, 0) is 11.2 Å². The third-order valence-electron chi connectivity index (χ3n) is 2.60. The van der Waals surface area contributed by atoms with E-state index in [-0.39, 0.29) is 18.3 Å². The van der Waals surface area contributed by atoms with E-state index in [0.717, 1.165) is 17.7 Å². The predicted octanol–water partition coefficient (Wildman–Crippen LogP) is 1.58. The van der Waals surface area contributed by atoms with Gasteiger partial charge in [-0.1, -0.05) is 6.92 Å². The van der Waals surface area contributed by atoms with Crippen molar-refractivity contribution in [2.24, 2.45) is 5.92 Å². The molecule has 1 heterocycles. The van der Waals surface area contributed by atoms with Crippen LogP contribution in [0.3, 0.4) is 0 Å². The molecular weight excluding hydrogens is 204 g/mol. The van der Waals surface area contributed by atoms with Crippen LogP contribution in [0.15, 0.2) is 6.20 Å². The molecule has 5 heteroatoms. The first-order valence-corrected chi connectivity index (χ1v) is 4.43. The molecule has 1 aromatic heterocycles. The van der Waals surface area contributed by atoms with Gasteiger partial charge in [-0.2, -0.15) is 5.10 Å². The average Bonchev–Trinajstić information content (AvgIpc) is 2.49. The molecule has 2 N–H and O–H groups in total. The summed E-state index contributed by atoms with van der Waals surface area (Å²) in [6, 6.07) is 0. The van der Waals surface area contributed by atoms with E-state index in [2.05, 4.69) is 17.1 Å². The number of carboxylic acid groups (broad SMARTS) is 1. The molecule has 78 valence electrons. The highest BCUT2D eigenvalue weighted by molar-refractivity contribution is 5.85. The monoisotopic (exact) mass is 216 g/mol. The van der Waals surface area contributed by atoms with Crippen molar-refractivity contribution in [3.8, 4) is 0 Å². The van der Waals surface area contributed by atoms with Crippen LogP contribution in [-0.4, -0.2) is 21.3 Å². The van der Waals surface area contributed by atoms with Gasteiger partial charge < -0.3 is 5.11 Å². The lowest BCUT2D eigenvalue weighted by Crippen LogP contribution is -2.22. The molecule has 1 aromatic rings. The van der Waals surface area contributed by atoms with Crippen molar-refractivity contribution in [1.29, 1.82) is 0 Å². The molecule has 4 nitrogen and oxygen atoms in total. The molecule has 0 bridgehead atoms. The number of nitrogens with one attached hydrogen (secondary N) is 1. The Kier molecular flexibility index (Phi) is 3.16. The van der Waals surface area contributed by atoms with Gasteiger partial charge in [0.05, 0.1) is 17.8 Å². The van der Waals surface area contributed by atoms with Crippen molar-refractivity contribution in [3.05, 3.63) is 17.5 Å². The van der Waals surface area contributed by atoms with Crippen molar-refractivity contribution in [3.63, 3.8) is 0 Å².